The van der Waals surface area contributed by atoms with Crippen LogP contribution in [0.5, 0.6) is 0 Å². The molecule has 0 N–H and O–H groups in total. The lowest BCUT2D eigenvalue weighted by atomic mass is 9.85. The monoisotopic (exact) mass is 250 g/mol. The van der Waals surface area contributed by atoms with Crippen molar-refractivity contribution in [2.24, 2.45) is 5.92 Å². The minimum Gasteiger partial charge on any atom is -0.339 e. The molecule has 3 aliphatic rings. The predicted molar refractivity (Wildman–Crippen MR) is 72.3 cm³/mol. The van der Waals surface area contributed by atoms with Crippen molar-refractivity contribution < 1.29 is 4.79 Å². The standard InChI is InChI=1S/C15H26N2O/c1-15-9-10-17(11-12-7-8-12)13(15)5-3-4-6-14(18)16(15)2/h12-13H,3-11H2,1-2H3/t13-,15-/m1/s1. The zero-order valence-corrected chi connectivity index (χ0v) is 11.8. The summed E-state index contributed by atoms with van der Waals surface area (Å²) in [5.74, 6) is 1.31. The van der Waals surface area contributed by atoms with Crippen molar-refractivity contribution in [1.29, 1.82) is 0 Å². The van der Waals surface area contributed by atoms with Crippen LogP contribution in [0.15, 0.2) is 0 Å². The molecular formula is C15H26N2O. The summed E-state index contributed by atoms with van der Waals surface area (Å²) in [4.78, 5) is 16.9. The van der Waals surface area contributed by atoms with Gasteiger partial charge in [0.2, 0.25) is 5.91 Å². The fraction of sp³-hybridized carbons (Fsp3) is 0.933. The van der Waals surface area contributed by atoms with E-state index < -0.39 is 0 Å². The van der Waals surface area contributed by atoms with Crippen molar-refractivity contribution in [2.45, 2.75) is 63.5 Å². The smallest absolute Gasteiger partial charge is 0.222 e. The van der Waals surface area contributed by atoms with Gasteiger partial charge >= 0.3 is 0 Å². The topological polar surface area (TPSA) is 23.6 Å². The van der Waals surface area contributed by atoms with E-state index in [0.717, 1.165) is 25.2 Å². The van der Waals surface area contributed by atoms with Crippen molar-refractivity contribution in [3.63, 3.8) is 0 Å². The summed E-state index contributed by atoms with van der Waals surface area (Å²) in [5, 5.41) is 0. The number of hydrogen-bond donors (Lipinski definition) is 0. The van der Waals surface area contributed by atoms with Crippen LogP contribution in [-0.2, 0) is 4.79 Å². The van der Waals surface area contributed by atoms with E-state index in [1.54, 1.807) is 0 Å². The molecular weight excluding hydrogens is 224 g/mol. The van der Waals surface area contributed by atoms with Crippen LogP contribution in [0.1, 0.15) is 51.9 Å². The highest BCUT2D eigenvalue weighted by molar-refractivity contribution is 5.77. The molecule has 2 saturated heterocycles. The number of carbonyl (C=O) groups excluding carboxylic acids is 1. The van der Waals surface area contributed by atoms with Crippen molar-refractivity contribution >= 4 is 5.91 Å². The van der Waals surface area contributed by atoms with Gasteiger partial charge in [-0.25, -0.2) is 0 Å². The largest absolute Gasteiger partial charge is 0.339 e. The first-order valence-electron chi connectivity index (χ1n) is 7.62. The first-order chi connectivity index (χ1) is 8.61. The average molecular weight is 250 g/mol. The van der Waals surface area contributed by atoms with E-state index in [1.807, 2.05) is 7.05 Å². The van der Waals surface area contributed by atoms with E-state index in [9.17, 15) is 4.79 Å². The molecule has 3 nitrogen and oxygen atoms in total. The Labute approximate surface area is 111 Å². The van der Waals surface area contributed by atoms with Gasteiger partial charge < -0.3 is 4.90 Å². The first-order valence-corrected chi connectivity index (χ1v) is 7.62. The maximum atomic E-state index is 12.2. The zero-order valence-electron chi connectivity index (χ0n) is 11.8. The summed E-state index contributed by atoms with van der Waals surface area (Å²) in [7, 11) is 2.03. The Morgan fingerprint density at radius 2 is 2.06 bits per heavy atom. The van der Waals surface area contributed by atoms with Gasteiger partial charge in [-0.3, -0.25) is 9.69 Å². The number of likely N-dealkylation sites (N-methyl/N-ethyl adjacent to an activating group) is 1. The second kappa shape index (κ2) is 4.52. The number of carbonyl (C=O) groups is 1. The third-order valence-electron chi connectivity index (χ3n) is 5.51. The van der Waals surface area contributed by atoms with Gasteiger partial charge in [0.1, 0.15) is 0 Å². The fourth-order valence-electron chi connectivity index (χ4n) is 3.89. The molecule has 1 aliphatic carbocycles. The van der Waals surface area contributed by atoms with E-state index in [-0.39, 0.29) is 5.54 Å². The summed E-state index contributed by atoms with van der Waals surface area (Å²) in [6, 6.07) is 0.604. The molecule has 0 unspecified atom stereocenters. The highest BCUT2D eigenvalue weighted by atomic mass is 16.2. The molecule has 3 heteroatoms. The second-order valence-corrected chi connectivity index (χ2v) is 6.76. The highest BCUT2D eigenvalue weighted by Crippen LogP contribution is 2.40. The third kappa shape index (κ3) is 2.07. The Hall–Kier alpha value is -0.570. The molecule has 2 atom stereocenters. The number of likely N-dealkylation sites (tertiary alicyclic amines) is 2. The number of fused-ring (bicyclic) bond motifs is 1. The predicted octanol–water partition coefficient (Wildman–Crippen LogP) is 2.26. The zero-order chi connectivity index (χ0) is 12.8. The SMILES string of the molecule is CN1C(=O)CCCC[C@H]2N(CC3CC3)CC[C@]21C. The van der Waals surface area contributed by atoms with E-state index in [4.69, 9.17) is 0 Å². The molecule has 0 aromatic heterocycles. The van der Waals surface area contributed by atoms with Crippen LogP contribution in [0.2, 0.25) is 0 Å². The lowest BCUT2D eigenvalue weighted by Crippen LogP contribution is -2.56. The van der Waals surface area contributed by atoms with Crippen molar-refractivity contribution in [1.82, 2.24) is 9.80 Å². The number of rotatable bonds is 2. The van der Waals surface area contributed by atoms with Crippen molar-refractivity contribution in [2.75, 3.05) is 20.1 Å². The number of nitrogens with zero attached hydrogens (tertiary/aromatic N) is 2. The van der Waals surface area contributed by atoms with Crippen LogP contribution >= 0.6 is 0 Å². The Morgan fingerprint density at radius 3 is 2.78 bits per heavy atom. The second-order valence-electron chi connectivity index (χ2n) is 6.76. The quantitative estimate of drug-likeness (QED) is 0.750. The summed E-state index contributed by atoms with van der Waals surface area (Å²) < 4.78 is 0. The average Bonchev–Trinajstić information content (AvgIpc) is 3.10. The summed E-state index contributed by atoms with van der Waals surface area (Å²) >= 11 is 0. The molecule has 3 fully saturated rings. The molecule has 102 valence electrons. The van der Waals surface area contributed by atoms with Crippen LogP contribution in [0, 0.1) is 5.92 Å². The molecule has 0 spiro atoms. The van der Waals surface area contributed by atoms with E-state index >= 15 is 0 Å². The van der Waals surface area contributed by atoms with Gasteiger partial charge in [-0.2, -0.15) is 0 Å². The van der Waals surface area contributed by atoms with Crippen LogP contribution in [-0.4, -0.2) is 47.4 Å². The van der Waals surface area contributed by atoms with Crippen LogP contribution in [0.3, 0.4) is 0 Å². The number of amides is 1. The lowest BCUT2D eigenvalue weighted by Gasteiger charge is -2.44. The van der Waals surface area contributed by atoms with Gasteiger partial charge in [0.15, 0.2) is 0 Å². The van der Waals surface area contributed by atoms with E-state index in [1.165, 1.54) is 38.8 Å². The normalized spacial score (nSPS) is 38.4. The lowest BCUT2D eigenvalue weighted by molar-refractivity contribution is -0.137. The maximum Gasteiger partial charge on any atom is 0.222 e. The van der Waals surface area contributed by atoms with Crippen molar-refractivity contribution in [3.05, 3.63) is 0 Å². The molecule has 2 aliphatic heterocycles. The van der Waals surface area contributed by atoms with Crippen molar-refractivity contribution in [3.8, 4) is 0 Å². The molecule has 0 bridgehead atoms. The highest BCUT2D eigenvalue weighted by Gasteiger charge is 2.48. The summed E-state index contributed by atoms with van der Waals surface area (Å²) in [6.45, 7) is 4.78. The van der Waals surface area contributed by atoms with Gasteiger partial charge in [0.25, 0.3) is 0 Å². The van der Waals surface area contributed by atoms with Gasteiger partial charge in [-0.05, 0) is 44.9 Å². The number of hydrogen-bond acceptors (Lipinski definition) is 2. The minimum atomic E-state index is 0.0897. The Kier molecular flexibility index (Phi) is 3.13. The summed E-state index contributed by atoms with van der Waals surface area (Å²) in [5.41, 5.74) is 0.0897. The third-order valence-corrected chi connectivity index (χ3v) is 5.51. The Morgan fingerprint density at radius 1 is 1.28 bits per heavy atom. The molecule has 1 amide bonds. The molecule has 1 saturated carbocycles. The molecule has 0 radical (unpaired) electrons. The Balaban J connectivity index is 1.79. The van der Waals surface area contributed by atoms with Crippen LogP contribution < -0.4 is 0 Å². The molecule has 2 heterocycles. The molecule has 18 heavy (non-hydrogen) atoms. The molecule has 0 aromatic carbocycles. The van der Waals surface area contributed by atoms with Crippen LogP contribution in [0.4, 0.5) is 0 Å². The first kappa shape index (κ1) is 12.5. The maximum absolute atomic E-state index is 12.2. The van der Waals surface area contributed by atoms with Gasteiger partial charge in [-0.15, -0.1) is 0 Å². The minimum absolute atomic E-state index is 0.0897. The van der Waals surface area contributed by atoms with Gasteiger partial charge in [0, 0.05) is 32.6 Å². The summed E-state index contributed by atoms with van der Waals surface area (Å²) in [6.07, 6.45) is 8.34. The Bertz CT molecular complexity index is 339. The van der Waals surface area contributed by atoms with Gasteiger partial charge in [0.05, 0.1) is 5.54 Å². The fourth-order valence-corrected chi connectivity index (χ4v) is 3.89. The van der Waals surface area contributed by atoms with Crippen LogP contribution in [0.25, 0.3) is 0 Å². The van der Waals surface area contributed by atoms with E-state index in [2.05, 4.69) is 16.7 Å². The molecule has 0 aromatic rings. The van der Waals surface area contributed by atoms with Gasteiger partial charge in [-0.1, -0.05) is 6.42 Å². The molecule has 3 rings (SSSR count). The van der Waals surface area contributed by atoms with E-state index in [0.29, 0.717) is 11.9 Å².